The van der Waals surface area contributed by atoms with E-state index in [9.17, 15) is 0 Å². The van der Waals surface area contributed by atoms with Gasteiger partial charge in [0, 0.05) is 19.1 Å². The molecular formula is C17H26N2O. The molecule has 4 rings (SSSR count). The predicted molar refractivity (Wildman–Crippen MR) is 82.0 cm³/mol. The molecule has 2 bridgehead atoms. The lowest BCUT2D eigenvalue weighted by molar-refractivity contribution is 0.0720. The largest absolute Gasteiger partial charge is 0.494 e. The van der Waals surface area contributed by atoms with Crippen LogP contribution >= 0.6 is 0 Å². The smallest absolute Gasteiger partial charge is 0.119 e. The summed E-state index contributed by atoms with van der Waals surface area (Å²) in [5, 5.41) is 3.76. The Kier molecular flexibility index (Phi) is 4.58. The van der Waals surface area contributed by atoms with Gasteiger partial charge < -0.3 is 15.0 Å². The fourth-order valence-electron chi connectivity index (χ4n) is 3.41. The standard InChI is InChI=1S/C17H26N2O/c1-2-10-20-16-5-3-4-14(11-16)12-18-17-13-19-8-6-15(17)7-9-19/h3-5,11,15,17-18H,2,6-10,12-13H2,1H3. The van der Waals surface area contributed by atoms with Crippen LogP contribution < -0.4 is 10.1 Å². The molecule has 3 aliphatic rings. The Morgan fingerprint density at radius 2 is 2.15 bits per heavy atom. The average molecular weight is 274 g/mol. The summed E-state index contributed by atoms with van der Waals surface area (Å²) in [4.78, 5) is 2.60. The fraction of sp³-hybridized carbons (Fsp3) is 0.647. The van der Waals surface area contributed by atoms with E-state index < -0.39 is 0 Å². The Bertz CT molecular complexity index is 427. The third-order valence-corrected chi connectivity index (χ3v) is 4.60. The number of piperidine rings is 3. The molecule has 0 spiro atoms. The Hall–Kier alpha value is -1.06. The second kappa shape index (κ2) is 6.59. The number of hydrogen-bond donors (Lipinski definition) is 1. The van der Waals surface area contributed by atoms with E-state index in [1.807, 2.05) is 6.07 Å². The molecule has 3 saturated heterocycles. The lowest BCUT2D eigenvalue weighted by Crippen LogP contribution is -2.55. The van der Waals surface area contributed by atoms with Crippen molar-refractivity contribution in [2.75, 3.05) is 26.2 Å². The molecule has 1 N–H and O–H groups in total. The van der Waals surface area contributed by atoms with Crippen molar-refractivity contribution in [3.05, 3.63) is 29.8 Å². The van der Waals surface area contributed by atoms with Crippen LogP contribution in [0.1, 0.15) is 31.7 Å². The highest BCUT2D eigenvalue weighted by atomic mass is 16.5. The number of fused-ring (bicyclic) bond motifs is 3. The van der Waals surface area contributed by atoms with E-state index in [1.54, 1.807) is 0 Å². The molecule has 110 valence electrons. The quantitative estimate of drug-likeness (QED) is 0.863. The predicted octanol–water partition coefficient (Wildman–Crippen LogP) is 2.66. The number of hydrogen-bond acceptors (Lipinski definition) is 3. The molecule has 3 fully saturated rings. The molecule has 1 unspecified atom stereocenters. The van der Waals surface area contributed by atoms with Crippen LogP contribution in [-0.4, -0.2) is 37.2 Å². The monoisotopic (exact) mass is 274 g/mol. The third kappa shape index (κ3) is 3.33. The molecule has 3 heteroatoms. The number of nitrogens with zero attached hydrogens (tertiary/aromatic N) is 1. The van der Waals surface area contributed by atoms with E-state index in [2.05, 4.69) is 35.3 Å². The van der Waals surface area contributed by atoms with Crippen molar-refractivity contribution in [3.8, 4) is 5.75 Å². The normalized spacial score (nSPS) is 28.6. The van der Waals surface area contributed by atoms with Gasteiger partial charge in [0.05, 0.1) is 6.61 Å². The van der Waals surface area contributed by atoms with E-state index in [0.29, 0.717) is 6.04 Å². The summed E-state index contributed by atoms with van der Waals surface area (Å²) in [6.45, 7) is 7.75. The maximum Gasteiger partial charge on any atom is 0.119 e. The van der Waals surface area contributed by atoms with Crippen molar-refractivity contribution in [1.29, 1.82) is 0 Å². The minimum atomic E-state index is 0.678. The van der Waals surface area contributed by atoms with Crippen molar-refractivity contribution in [3.63, 3.8) is 0 Å². The summed E-state index contributed by atoms with van der Waals surface area (Å²) in [6, 6.07) is 9.18. The highest BCUT2D eigenvalue weighted by Gasteiger charge is 2.33. The van der Waals surface area contributed by atoms with Crippen LogP contribution in [0.2, 0.25) is 0 Å². The van der Waals surface area contributed by atoms with E-state index in [0.717, 1.165) is 31.2 Å². The first kappa shape index (κ1) is 13.9. The molecule has 0 saturated carbocycles. The van der Waals surface area contributed by atoms with Gasteiger partial charge in [0.1, 0.15) is 5.75 Å². The van der Waals surface area contributed by atoms with Gasteiger partial charge in [-0.25, -0.2) is 0 Å². The van der Waals surface area contributed by atoms with Crippen LogP contribution in [0, 0.1) is 5.92 Å². The first-order valence-corrected chi connectivity index (χ1v) is 8.02. The van der Waals surface area contributed by atoms with Crippen LogP contribution in [0.25, 0.3) is 0 Å². The maximum absolute atomic E-state index is 5.70. The molecule has 0 amide bonds. The zero-order valence-electron chi connectivity index (χ0n) is 12.5. The summed E-state index contributed by atoms with van der Waals surface area (Å²) in [7, 11) is 0. The van der Waals surface area contributed by atoms with Crippen LogP contribution in [0.4, 0.5) is 0 Å². The molecule has 20 heavy (non-hydrogen) atoms. The van der Waals surface area contributed by atoms with Gasteiger partial charge >= 0.3 is 0 Å². The molecule has 3 nitrogen and oxygen atoms in total. The number of rotatable bonds is 6. The molecule has 1 aromatic carbocycles. The van der Waals surface area contributed by atoms with Gasteiger partial charge in [0.25, 0.3) is 0 Å². The van der Waals surface area contributed by atoms with Gasteiger partial charge in [-0.05, 0) is 56.0 Å². The van der Waals surface area contributed by atoms with E-state index in [-0.39, 0.29) is 0 Å². The molecule has 1 aromatic rings. The molecule has 3 heterocycles. The number of benzene rings is 1. The van der Waals surface area contributed by atoms with Crippen molar-refractivity contribution in [2.45, 2.75) is 38.8 Å². The minimum Gasteiger partial charge on any atom is -0.494 e. The minimum absolute atomic E-state index is 0.678. The summed E-state index contributed by atoms with van der Waals surface area (Å²) >= 11 is 0. The van der Waals surface area contributed by atoms with Gasteiger partial charge in [-0.15, -0.1) is 0 Å². The molecule has 1 atom stereocenters. The summed E-state index contributed by atoms with van der Waals surface area (Å²) in [6.07, 6.45) is 3.80. The molecule has 0 aliphatic carbocycles. The second-order valence-electron chi connectivity index (χ2n) is 6.12. The zero-order chi connectivity index (χ0) is 13.8. The topological polar surface area (TPSA) is 24.5 Å². The molecule has 3 aliphatic heterocycles. The Labute approximate surface area is 122 Å². The summed E-state index contributed by atoms with van der Waals surface area (Å²) < 4.78 is 5.70. The lowest BCUT2D eigenvalue weighted by atomic mass is 9.84. The molecule has 0 radical (unpaired) electrons. The van der Waals surface area contributed by atoms with Crippen molar-refractivity contribution in [1.82, 2.24) is 10.2 Å². The summed E-state index contributed by atoms with van der Waals surface area (Å²) in [5.41, 5.74) is 1.33. The fourth-order valence-corrected chi connectivity index (χ4v) is 3.41. The van der Waals surface area contributed by atoms with Crippen molar-refractivity contribution >= 4 is 0 Å². The lowest BCUT2D eigenvalue weighted by Gasteiger charge is -2.45. The number of nitrogens with one attached hydrogen (secondary N) is 1. The highest BCUT2D eigenvalue weighted by molar-refractivity contribution is 5.28. The van der Waals surface area contributed by atoms with E-state index >= 15 is 0 Å². The van der Waals surface area contributed by atoms with E-state index in [4.69, 9.17) is 4.74 Å². The average Bonchev–Trinajstić information content (AvgIpc) is 2.52. The first-order chi connectivity index (χ1) is 9.85. The van der Waals surface area contributed by atoms with Crippen LogP contribution in [0.15, 0.2) is 24.3 Å². The van der Waals surface area contributed by atoms with Crippen LogP contribution in [0.3, 0.4) is 0 Å². The highest BCUT2D eigenvalue weighted by Crippen LogP contribution is 2.27. The van der Waals surface area contributed by atoms with Crippen molar-refractivity contribution in [2.24, 2.45) is 5.92 Å². The first-order valence-electron chi connectivity index (χ1n) is 8.02. The van der Waals surface area contributed by atoms with Gasteiger partial charge in [-0.3, -0.25) is 0 Å². The van der Waals surface area contributed by atoms with Gasteiger partial charge in [0.2, 0.25) is 0 Å². The van der Waals surface area contributed by atoms with Crippen LogP contribution in [-0.2, 0) is 6.54 Å². The Balaban J connectivity index is 1.53. The van der Waals surface area contributed by atoms with Gasteiger partial charge in [-0.2, -0.15) is 0 Å². The van der Waals surface area contributed by atoms with E-state index in [1.165, 1.54) is 38.0 Å². The Morgan fingerprint density at radius 1 is 1.30 bits per heavy atom. The number of ether oxygens (including phenoxy) is 1. The SMILES string of the molecule is CCCOc1cccc(CNC2CN3CCC2CC3)c1. The second-order valence-corrected chi connectivity index (χ2v) is 6.12. The van der Waals surface area contributed by atoms with Gasteiger partial charge in [-0.1, -0.05) is 19.1 Å². The van der Waals surface area contributed by atoms with Crippen molar-refractivity contribution < 1.29 is 4.74 Å². The third-order valence-electron chi connectivity index (χ3n) is 4.60. The van der Waals surface area contributed by atoms with Crippen LogP contribution in [0.5, 0.6) is 5.75 Å². The Morgan fingerprint density at radius 3 is 2.85 bits per heavy atom. The zero-order valence-corrected chi connectivity index (χ0v) is 12.5. The maximum atomic E-state index is 5.70. The summed E-state index contributed by atoms with van der Waals surface area (Å²) in [5.74, 6) is 1.89. The van der Waals surface area contributed by atoms with Gasteiger partial charge in [0.15, 0.2) is 0 Å². The molecule has 0 aromatic heterocycles. The molecular weight excluding hydrogens is 248 g/mol.